The zero-order chi connectivity index (χ0) is 14.9. The van der Waals surface area contributed by atoms with Crippen molar-refractivity contribution in [3.8, 4) is 0 Å². The van der Waals surface area contributed by atoms with E-state index in [9.17, 15) is 17.6 Å². The molecule has 0 unspecified atom stereocenters. The summed E-state index contributed by atoms with van der Waals surface area (Å²) in [6.45, 7) is 0. The number of anilines is 3. The van der Waals surface area contributed by atoms with Gasteiger partial charge in [-0.3, -0.25) is 0 Å². The molecule has 1 aromatic carbocycles. The summed E-state index contributed by atoms with van der Waals surface area (Å²) in [6, 6.07) is 3.60. The minimum atomic E-state index is -4.55. The van der Waals surface area contributed by atoms with E-state index in [0.717, 1.165) is 6.07 Å². The molecule has 8 heteroatoms. The van der Waals surface area contributed by atoms with E-state index in [1.54, 1.807) is 0 Å². The lowest BCUT2D eigenvalue weighted by molar-refractivity contribution is -0.137. The van der Waals surface area contributed by atoms with Crippen LogP contribution >= 0.6 is 15.9 Å². The van der Waals surface area contributed by atoms with Gasteiger partial charge in [0.15, 0.2) is 0 Å². The third kappa shape index (κ3) is 3.19. The van der Waals surface area contributed by atoms with Crippen LogP contribution in [-0.4, -0.2) is 4.98 Å². The third-order valence-corrected chi connectivity index (χ3v) is 3.01. The molecule has 2 rings (SSSR count). The van der Waals surface area contributed by atoms with E-state index in [4.69, 9.17) is 5.73 Å². The number of alkyl halides is 3. The van der Waals surface area contributed by atoms with Crippen LogP contribution in [0.1, 0.15) is 5.56 Å². The molecule has 106 valence electrons. The third-order valence-electron chi connectivity index (χ3n) is 2.41. The van der Waals surface area contributed by atoms with E-state index < -0.39 is 17.6 Å². The van der Waals surface area contributed by atoms with Gasteiger partial charge >= 0.3 is 6.18 Å². The van der Waals surface area contributed by atoms with Crippen molar-refractivity contribution in [3.63, 3.8) is 0 Å². The molecule has 0 spiro atoms. The summed E-state index contributed by atoms with van der Waals surface area (Å²) in [5.41, 5.74) is 4.58. The fraction of sp³-hybridized carbons (Fsp3) is 0.0833. The van der Waals surface area contributed by atoms with Crippen LogP contribution in [-0.2, 0) is 6.18 Å². The molecule has 0 aliphatic rings. The molecule has 0 amide bonds. The number of nitrogens with zero attached hydrogens (tertiary/aromatic N) is 1. The average molecular weight is 350 g/mol. The predicted octanol–water partition coefficient (Wildman–Crippen LogP) is 4.33. The van der Waals surface area contributed by atoms with Crippen LogP contribution in [0.15, 0.2) is 34.9 Å². The Labute approximate surface area is 119 Å². The van der Waals surface area contributed by atoms with Gasteiger partial charge in [0.05, 0.1) is 27.6 Å². The monoisotopic (exact) mass is 349 g/mol. The normalized spacial score (nSPS) is 11.4. The van der Waals surface area contributed by atoms with Crippen LogP contribution in [0, 0.1) is 5.82 Å². The average Bonchev–Trinajstić information content (AvgIpc) is 2.33. The van der Waals surface area contributed by atoms with Gasteiger partial charge in [-0.15, -0.1) is 0 Å². The number of nitrogens with one attached hydrogen (secondary N) is 1. The fourth-order valence-electron chi connectivity index (χ4n) is 1.47. The highest BCUT2D eigenvalue weighted by Gasteiger charge is 2.31. The van der Waals surface area contributed by atoms with Gasteiger partial charge in [0.25, 0.3) is 0 Å². The lowest BCUT2D eigenvalue weighted by atomic mass is 10.2. The molecule has 0 atom stereocenters. The Kier molecular flexibility index (Phi) is 3.85. The largest absolute Gasteiger partial charge is 0.416 e. The van der Waals surface area contributed by atoms with Gasteiger partial charge in [-0.25, -0.2) is 9.37 Å². The summed E-state index contributed by atoms with van der Waals surface area (Å²) in [6.07, 6.45) is -3.24. The van der Waals surface area contributed by atoms with Gasteiger partial charge in [0, 0.05) is 0 Å². The van der Waals surface area contributed by atoms with Crippen LogP contribution in [0.2, 0.25) is 0 Å². The molecule has 3 nitrogen and oxygen atoms in total. The SMILES string of the molecule is Nc1cnc(Nc2cc(C(F)(F)F)ccc2F)c(Br)c1. The van der Waals surface area contributed by atoms with E-state index in [1.807, 2.05) is 0 Å². The van der Waals surface area contributed by atoms with Crippen LogP contribution in [0.25, 0.3) is 0 Å². The van der Waals surface area contributed by atoms with Gasteiger partial charge in [-0.2, -0.15) is 13.2 Å². The Morgan fingerprint density at radius 3 is 2.50 bits per heavy atom. The van der Waals surface area contributed by atoms with Crippen molar-refractivity contribution >= 4 is 33.1 Å². The molecule has 0 saturated heterocycles. The standard InChI is InChI=1S/C12H8BrF4N3/c13-8-4-7(18)5-19-11(8)20-10-3-6(12(15,16)17)1-2-9(10)14/h1-5H,18H2,(H,19,20). The number of rotatable bonds is 2. The van der Waals surface area contributed by atoms with Crippen LogP contribution < -0.4 is 11.1 Å². The molecule has 3 N–H and O–H groups in total. The molecular weight excluding hydrogens is 342 g/mol. The lowest BCUT2D eigenvalue weighted by Gasteiger charge is -2.12. The number of aromatic nitrogens is 1. The molecule has 0 fully saturated rings. The van der Waals surface area contributed by atoms with Gasteiger partial charge in [-0.1, -0.05) is 0 Å². The number of halogens is 5. The first-order valence-electron chi connectivity index (χ1n) is 5.32. The highest BCUT2D eigenvalue weighted by molar-refractivity contribution is 9.10. The van der Waals surface area contributed by atoms with Crippen LogP contribution in [0.5, 0.6) is 0 Å². The van der Waals surface area contributed by atoms with Crippen molar-refractivity contribution in [1.29, 1.82) is 0 Å². The lowest BCUT2D eigenvalue weighted by Crippen LogP contribution is -2.07. The number of hydrogen-bond acceptors (Lipinski definition) is 3. The molecular formula is C12H8BrF4N3. The first-order valence-corrected chi connectivity index (χ1v) is 6.11. The molecule has 2 aromatic rings. The Morgan fingerprint density at radius 2 is 1.90 bits per heavy atom. The Hall–Kier alpha value is -1.83. The highest BCUT2D eigenvalue weighted by atomic mass is 79.9. The van der Waals surface area contributed by atoms with E-state index in [-0.39, 0.29) is 11.5 Å². The maximum Gasteiger partial charge on any atom is 0.416 e. The molecule has 1 aromatic heterocycles. The number of benzene rings is 1. The fourth-order valence-corrected chi connectivity index (χ4v) is 1.94. The molecule has 0 saturated carbocycles. The minimum absolute atomic E-state index is 0.164. The Morgan fingerprint density at radius 1 is 1.20 bits per heavy atom. The smallest absolute Gasteiger partial charge is 0.397 e. The molecule has 20 heavy (non-hydrogen) atoms. The van der Waals surface area contributed by atoms with E-state index >= 15 is 0 Å². The Balaban J connectivity index is 2.38. The van der Waals surface area contributed by atoms with E-state index in [2.05, 4.69) is 26.2 Å². The molecule has 0 aliphatic heterocycles. The van der Waals surface area contributed by atoms with Crippen molar-refractivity contribution < 1.29 is 17.6 Å². The van der Waals surface area contributed by atoms with Gasteiger partial charge in [0.1, 0.15) is 11.6 Å². The zero-order valence-electron chi connectivity index (χ0n) is 9.80. The van der Waals surface area contributed by atoms with Gasteiger partial charge < -0.3 is 11.1 Å². The van der Waals surface area contributed by atoms with E-state index in [1.165, 1.54) is 12.3 Å². The van der Waals surface area contributed by atoms with Gasteiger partial charge in [0.2, 0.25) is 0 Å². The van der Waals surface area contributed by atoms with Crippen molar-refractivity contribution in [3.05, 3.63) is 46.3 Å². The summed E-state index contributed by atoms with van der Waals surface area (Å²) in [4.78, 5) is 3.88. The van der Waals surface area contributed by atoms with Crippen molar-refractivity contribution in [1.82, 2.24) is 4.98 Å². The second kappa shape index (κ2) is 5.28. The van der Waals surface area contributed by atoms with Crippen LogP contribution in [0.4, 0.5) is 34.8 Å². The van der Waals surface area contributed by atoms with Crippen LogP contribution in [0.3, 0.4) is 0 Å². The first kappa shape index (κ1) is 14.6. The summed E-state index contributed by atoms with van der Waals surface area (Å²) in [5.74, 6) is -0.652. The Bertz CT molecular complexity index is 643. The molecule has 0 bridgehead atoms. The maximum absolute atomic E-state index is 13.6. The molecule has 0 aliphatic carbocycles. The van der Waals surface area contributed by atoms with Crippen molar-refractivity contribution in [2.24, 2.45) is 0 Å². The number of nitrogens with two attached hydrogens (primary N) is 1. The topological polar surface area (TPSA) is 50.9 Å². The predicted molar refractivity (Wildman–Crippen MR) is 71.0 cm³/mol. The quantitative estimate of drug-likeness (QED) is 0.793. The zero-order valence-corrected chi connectivity index (χ0v) is 11.4. The number of nitrogen functional groups attached to an aromatic ring is 1. The summed E-state index contributed by atoms with van der Waals surface area (Å²) in [7, 11) is 0. The highest BCUT2D eigenvalue weighted by Crippen LogP contribution is 2.33. The minimum Gasteiger partial charge on any atom is -0.397 e. The number of pyridine rings is 1. The summed E-state index contributed by atoms with van der Waals surface area (Å²) >= 11 is 3.14. The van der Waals surface area contributed by atoms with Gasteiger partial charge in [-0.05, 0) is 40.2 Å². The van der Waals surface area contributed by atoms with Crippen molar-refractivity contribution in [2.45, 2.75) is 6.18 Å². The molecule has 0 radical (unpaired) electrons. The molecule has 1 heterocycles. The second-order valence-electron chi connectivity index (χ2n) is 3.92. The van der Waals surface area contributed by atoms with E-state index in [0.29, 0.717) is 22.3 Å². The summed E-state index contributed by atoms with van der Waals surface area (Å²) in [5, 5.41) is 2.49. The number of hydrogen-bond donors (Lipinski definition) is 2. The van der Waals surface area contributed by atoms with Crippen molar-refractivity contribution in [2.75, 3.05) is 11.1 Å². The first-order chi connectivity index (χ1) is 9.27. The second-order valence-corrected chi connectivity index (χ2v) is 4.77. The maximum atomic E-state index is 13.6. The summed E-state index contributed by atoms with van der Waals surface area (Å²) < 4.78 is 51.7.